The van der Waals surface area contributed by atoms with E-state index >= 15 is 0 Å². The molecule has 0 unspecified atom stereocenters. The third-order valence-electron chi connectivity index (χ3n) is 4.85. The van der Waals surface area contributed by atoms with Gasteiger partial charge in [-0.25, -0.2) is 4.98 Å². The van der Waals surface area contributed by atoms with E-state index in [0.717, 1.165) is 54.1 Å². The molecule has 1 N–H and O–H groups in total. The predicted molar refractivity (Wildman–Crippen MR) is 119 cm³/mol. The van der Waals surface area contributed by atoms with Crippen molar-refractivity contribution in [2.45, 2.75) is 20.0 Å². The quantitative estimate of drug-likeness (QED) is 0.621. The van der Waals surface area contributed by atoms with Gasteiger partial charge in [0.15, 0.2) is 0 Å². The molecule has 30 heavy (non-hydrogen) atoms. The van der Waals surface area contributed by atoms with E-state index in [2.05, 4.69) is 15.2 Å². The molecule has 2 aromatic carbocycles. The molecule has 1 saturated heterocycles. The molecule has 0 spiro atoms. The average Bonchev–Trinajstić information content (AvgIpc) is 3.21. The Kier molecular flexibility index (Phi) is 6.61. The number of aryl methyl sites for hydroxylation is 1. The van der Waals surface area contributed by atoms with Gasteiger partial charge in [-0.2, -0.15) is 0 Å². The zero-order valence-electron chi connectivity index (χ0n) is 17.0. The second-order valence-electron chi connectivity index (χ2n) is 7.21. The van der Waals surface area contributed by atoms with E-state index in [9.17, 15) is 4.79 Å². The lowest BCUT2D eigenvalue weighted by Gasteiger charge is -2.28. The van der Waals surface area contributed by atoms with Crippen molar-refractivity contribution in [3.8, 4) is 5.75 Å². The van der Waals surface area contributed by atoms with Crippen LogP contribution < -0.4 is 15.0 Å². The summed E-state index contributed by atoms with van der Waals surface area (Å²) in [6.45, 7) is 5.74. The number of benzene rings is 2. The van der Waals surface area contributed by atoms with Gasteiger partial charge in [0, 0.05) is 29.8 Å². The SMILES string of the molecule is Cc1ccc(OCc2nc(CC(=O)Nc3ccc(N4CCOCC4)cc3)cs2)cc1. The Morgan fingerprint density at radius 3 is 2.60 bits per heavy atom. The first-order chi connectivity index (χ1) is 14.7. The van der Waals surface area contributed by atoms with E-state index in [1.54, 1.807) is 0 Å². The van der Waals surface area contributed by atoms with Crippen molar-refractivity contribution < 1.29 is 14.3 Å². The summed E-state index contributed by atoms with van der Waals surface area (Å²) < 4.78 is 11.1. The van der Waals surface area contributed by atoms with E-state index in [1.165, 1.54) is 16.9 Å². The van der Waals surface area contributed by atoms with Crippen LogP contribution in [-0.4, -0.2) is 37.2 Å². The van der Waals surface area contributed by atoms with Gasteiger partial charge in [0.25, 0.3) is 0 Å². The van der Waals surface area contributed by atoms with Crippen molar-refractivity contribution in [3.05, 3.63) is 70.2 Å². The normalized spacial score (nSPS) is 13.8. The minimum absolute atomic E-state index is 0.0783. The minimum atomic E-state index is -0.0783. The van der Waals surface area contributed by atoms with Crippen molar-refractivity contribution in [1.82, 2.24) is 4.98 Å². The maximum atomic E-state index is 12.4. The van der Waals surface area contributed by atoms with Crippen LogP contribution in [-0.2, 0) is 22.6 Å². The maximum absolute atomic E-state index is 12.4. The van der Waals surface area contributed by atoms with Gasteiger partial charge in [-0.3, -0.25) is 4.79 Å². The van der Waals surface area contributed by atoms with Gasteiger partial charge < -0.3 is 19.7 Å². The van der Waals surface area contributed by atoms with Crippen LogP contribution in [0, 0.1) is 6.92 Å². The van der Waals surface area contributed by atoms with Crippen molar-refractivity contribution in [3.63, 3.8) is 0 Å². The number of hydrogen-bond donors (Lipinski definition) is 1. The molecule has 0 aliphatic carbocycles. The number of nitrogens with zero attached hydrogens (tertiary/aromatic N) is 2. The highest BCUT2D eigenvalue weighted by molar-refractivity contribution is 7.09. The van der Waals surface area contributed by atoms with E-state index in [1.807, 2.05) is 60.8 Å². The fourth-order valence-corrected chi connectivity index (χ4v) is 3.93. The molecule has 0 saturated carbocycles. The standard InChI is InChI=1S/C23H25N3O3S/c1-17-2-8-21(9-3-17)29-15-23-25-19(16-30-23)14-22(27)24-18-4-6-20(7-5-18)26-10-12-28-13-11-26/h2-9,16H,10-15H2,1H3,(H,24,27). The van der Waals surface area contributed by atoms with Crippen LogP contribution >= 0.6 is 11.3 Å². The molecule has 1 aliphatic rings. The molecule has 1 amide bonds. The molecule has 0 bridgehead atoms. The Morgan fingerprint density at radius 2 is 1.87 bits per heavy atom. The van der Waals surface area contributed by atoms with Gasteiger partial charge in [-0.1, -0.05) is 17.7 Å². The second kappa shape index (κ2) is 9.73. The molecule has 0 radical (unpaired) electrons. The summed E-state index contributed by atoms with van der Waals surface area (Å²) in [7, 11) is 0. The molecule has 0 atom stereocenters. The summed E-state index contributed by atoms with van der Waals surface area (Å²) in [6.07, 6.45) is 0.242. The Hall–Kier alpha value is -2.90. The van der Waals surface area contributed by atoms with Gasteiger partial charge in [0.1, 0.15) is 17.4 Å². The fourth-order valence-electron chi connectivity index (χ4n) is 3.22. The maximum Gasteiger partial charge on any atom is 0.230 e. The van der Waals surface area contributed by atoms with Crippen LogP contribution in [0.1, 0.15) is 16.3 Å². The summed E-state index contributed by atoms with van der Waals surface area (Å²) in [4.78, 5) is 19.2. The molecule has 1 aliphatic heterocycles. The van der Waals surface area contributed by atoms with E-state index in [-0.39, 0.29) is 12.3 Å². The number of carbonyl (C=O) groups excluding carboxylic acids is 1. The predicted octanol–water partition coefficient (Wildman–Crippen LogP) is 4.05. The summed E-state index contributed by atoms with van der Waals surface area (Å²) >= 11 is 1.51. The number of ether oxygens (including phenoxy) is 2. The molecule has 4 rings (SSSR count). The number of anilines is 2. The molecule has 3 aromatic rings. The number of rotatable bonds is 7. The first-order valence-corrected chi connectivity index (χ1v) is 10.9. The number of morpholine rings is 1. The van der Waals surface area contributed by atoms with Gasteiger partial charge >= 0.3 is 0 Å². The minimum Gasteiger partial charge on any atom is -0.486 e. The lowest BCUT2D eigenvalue weighted by Crippen LogP contribution is -2.36. The molecular formula is C23H25N3O3S. The summed E-state index contributed by atoms with van der Waals surface area (Å²) in [5.74, 6) is 0.737. The lowest BCUT2D eigenvalue weighted by molar-refractivity contribution is -0.115. The fraction of sp³-hybridized carbons (Fsp3) is 0.304. The Balaban J connectivity index is 1.26. The summed E-state index contributed by atoms with van der Waals surface area (Å²) in [6, 6.07) is 15.9. The molecule has 2 heterocycles. The summed E-state index contributed by atoms with van der Waals surface area (Å²) in [5.41, 5.74) is 3.88. The number of carbonyl (C=O) groups is 1. The van der Waals surface area contributed by atoms with E-state index in [4.69, 9.17) is 9.47 Å². The first kappa shape index (κ1) is 20.4. The van der Waals surface area contributed by atoms with Gasteiger partial charge in [-0.05, 0) is 43.3 Å². The second-order valence-corrected chi connectivity index (χ2v) is 8.15. The van der Waals surface area contributed by atoms with Gasteiger partial charge in [0.05, 0.1) is 25.3 Å². The number of thiazole rings is 1. The van der Waals surface area contributed by atoms with Crippen LogP contribution in [0.25, 0.3) is 0 Å². The molecular weight excluding hydrogens is 398 g/mol. The molecule has 156 valence electrons. The molecule has 7 heteroatoms. The first-order valence-electron chi connectivity index (χ1n) is 10.0. The monoisotopic (exact) mass is 423 g/mol. The molecule has 1 aromatic heterocycles. The number of aromatic nitrogens is 1. The topological polar surface area (TPSA) is 63.7 Å². The van der Waals surface area contributed by atoms with Gasteiger partial charge in [-0.15, -0.1) is 11.3 Å². The van der Waals surface area contributed by atoms with Crippen LogP contribution in [0.4, 0.5) is 11.4 Å². The van der Waals surface area contributed by atoms with Gasteiger partial charge in [0.2, 0.25) is 5.91 Å². The Morgan fingerprint density at radius 1 is 1.13 bits per heavy atom. The Bertz CT molecular complexity index is 964. The largest absolute Gasteiger partial charge is 0.486 e. The van der Waals surface area contributed by atoms with Crippen LogP contribution in [0.3, 0.4) is 0 Å². The smallest absolute Gasteiger partial charge is 0.230 e. The highest BCUT2D eigenvalue weighted by atomic mass is 32.1. The zero-order chi connectivity index (χ0) is 20.8. The highest BCUT2D eigenvalue weighted by Crippen LogP contribution is 2.20. The average molecular weight is 424 g/mol. The molecule has 1 fully saturated rings. The molecule has 6 nitrogen and oxygen atoms in total. The van der Waals surface area contributed by atoms with Crippen molar-refractivity contribution in [2.24, 2.45) is 0 Å². The van der Waals surface area contributed by atoms with Crippen LogP contribution in [0.2, 0.25) is 0 Å². The van der Waals surface area contributed by atoms with Crippen molar-refractivity contribution in [1.29, 1.82) is 0 Å². The summed E-state index contributed by atoms with van der Waals surface area (Å²) in [5, 5.41) is 5.71. The van der Waals surface area contributed by atoms with E-state index in [0.29, 0.717) is 6.61 Å². The highest BCUT2D eigenvalue weighted by Gasteiger charge is 2.12. The third kappa shape index (κ3) is 5.58. The zero-order valence-corrected chi connectivity index (χ0v) is 17.8. The van der Waals surface area contributed by atoms with Crippen molar-refractivity contribution >= 4 is 28.6 Å². The lowest BCUT2D eigenvalue weighted by atomic mass is 10.2. The number of hydrogen-bond acceptors (Lipinski definition) is 6. The van der Waals surface area contributed by atoms with Crippen LogP contribution in [0.5, 0.6) is 5.75 Å². The van der Waals surface area contributed by atoms with E-state index < -0.39 is 0 Å². The number of nitrogens with one attached hydrogen (secondary N) is 1. The van der Waals surface area contributed by atoms with Crippen LogP contribution in [0.15, 0.2) is 53.9 Å². The Labute approximate surface area is 180 Å². The number of amides is 1. The third-order valence-corrected chi connectivity index (χ3v) is 5.72. The van der Waals surface area contributed by atoms with Crippen molar-refractivity contribution in [2.75, 3.05) is 36.5 Å².